The lowest BCUT2D eigenvalue weighted by molar-refractivity contribution is 0.0508. The van der Waals surface area contributed by atoms with Gasteiger partial charge in [-0.25, -0.2) is 4.39 Å². The molecule has 0 aliphatic rings. The molecule has 0 bridgehead atoms. The van der Waals surface area contributed by atoms with E-state index in [4.69, 9.17) is 0 Å². The highest BCUT2D eigenvalue weighted by Crippen LogP contribution is 2.21. The molecule has 0 heterocycles. The van der Waals surface area contributed by atoms with E-state index in [-0.39, 0.29) is 5.82 Å². The molecule has 0 saturated carbocycles. The first-order chi connectivity index (χ1) is 7.94. The van der Waals surface area contributed by atoms with Gasteiger partial charge in [0.05, 0.1) is 5.60 Å². The molecule has 0 aliphatic heterocycles. The predicted molar refractivity (Wildman–Crippen MR) is 71.6 cm³/mol. The lowest BCUT2D eigenvalue weighted by Crippen LogP contribution is -2.32. The van der Waals surface area contributed by atoms with Gasteiger partial charge >= 0.3 is 0 Å². The predicted octanol–water partition coefficient (Wildman–Crippen LogP) is 2.88. The Morgan fingerprint density at radius 3 is 2.76 bits per heavy atom. The minimum absolute atomic E-state index is 0.275. The third kappa shape index (κ3) is 5.15. The molecule has 1 aromatic carbocycles. The van der Waals surface area contributed by atoms with Crippen molar-refractivity contribution in [2.24, 2.45) is 0 Å². The van der Waals surface area contributed by atoms with Crippen LogP contribution < -0.4 is 5.32 Å². The van der Waals surface area contributed by atoms with Gasteiger partial charge in [0.1, 0.15) is 5.82 Å². The van der Waals surface area contributed by atoms with E-state index in [0.29, 0.717) is 22.9 Å². The van der Waals surface area contributed by atoms with Crippen molar-refractivity contribution in [1.82, 2.24) is 5.32 Å². The number of rotatable bonds is 6. The fourth-order valence-electron chi connectivity index (χ4n) is 1.70. The zero-order valence-electron chi connectivity index (χ0n) is 10.3. The van der Waals surface area contributed by atoms with Crippen molar-refractivity contribution >= 4 is 15.9 Å². The number of benzene rings is 1. The van der Waals surface area contributed by atoms with Crippen LogP contribution in [0.15, 0.2) is 22.7 Å². The van der Waals surface area contributed by atoms with Crippen LogP contribution in [-0.2, 0) is 6.42 Å². The molecule has 0 saturated heterocycles. The van der Waals surface area contributed by atoms with Gasteiger partial charge in [0.25, 0.3) is 0 Å². The van der Waals surface area contributed by atoms with Crippen LogP contribution >= 0.6 is 15.9 Å². The molecule has 1 rings (SSSR count). The topological polar surface area (TPSA) is 32.3 Å². The van der Waals surface area contributed by atoms with E-state index < -0.39 is 5.60 Å². The molecule has 96 valence electrons. The molecule has 17 heavy (non-hydrogen) atoms. The van der Waals surface area contributed by atoms with Crippen LogP contribution in [-0.4, -0.2) is 23.8 Å². The maximum absolute atomic E-state index is 13.6. The van der Waals surface area contributed by atoms with Crippen molar-refractivity contribution in [1.29, 1.82) is 0 Å². The van der Waals surface area contributed by atoms with E-state index in [0.717, 1.165) is 13.1 Å². The lowest BCUT2D eigenvalue weighted by Gasteiger charge is -2.23. The fraction of sp³-hybridized carbons (Fsp3) is 0.538. The maximum Gasteiger partial charge on any atom is 0.127 e. The van der Waals surface area contributed by atoms with E-state index in [1.165, 1.54) is 6.07 Å². The van der Waals surface area contributed by atoms with Crippen molar-refractivity contribution in [3.8, 4) is 0 Å². The molecule has 1 unspecified atom stereocenters. The van der Waals surface area contributed by atoms with Gasteiger partial charge in [-0.3, -0.25) is 0 Å². The van der Waals surface area contributed by atoms with Crippen molar-refractivity contribution in [3.05, 3.63) is 34.1 Å². The molecule has 0 radical (unpaired) electrons. The minimum atomic E-state index is -0.878. The fourth-order valence-corrected chi connectivity index (χ4v) is 2.03. The van der Waals surface area contributed by atoms with Crippen LogP contribution in [0.4, 0.5) is 4.39 Å². The largest absolute Gasteiger partial charge is 0.390 e. The summed E-state index contributed by atoms with van der Waals surface area (Å²) in [5.41, 5.74) is -0.327. The molecule has 1 atom stereocenters. The van der Waals surface area contributed by atoms with Crippen LogP contribution in [0, 0.1) is 5.82 Å². The molecule has 0 aliphatic carbocycles. The highest BCUT2D eigenvalue weighted by atomic mass is 79.9. The SMILES string of the molecule is CCNCCC(C)(O)Cc1ccc(Br)cc1F. The first kappa shape index (κ1) is 14.6. The van der Waals surface area contributed by atoms with E-state index in [1.807, 2.05) is 6.92 Å². The van der Waals surface area contributed by atoms with Gasteiger partial charge in [-0.15, -0.1) is 0 Å². The normalized spacial score (nSPS) is 14.6. The summed E-state index contributed by atoms with van der Waals surface area (Å²) < 4.78 is 14.3. The van der Waals surface area contributed by atoms with Gasteiger partial charge in [0.15, 0.2) is 0 Å². The number of nitrogens with one attached hydrogen (secondary N) is 1. The summed E-state index contributed by atoms with van der Waals surface area (Å²) in [6, 6.07) is 4.93. The summed E-state index contributed by atoms with van der Waals surface area (Å²) in [5.74, 6) is -0.275. The summed E-state index contributed by atoms with van der Waals surface area (Å²) >= 11 is 3.21. The summed E-state index contributed by atoms with van der Waals surface area (Å²) in [6.45, 7) is 5.37. The van der Waals surface area contributed by atoms with E-state index in [2.05, 4.69) is 21.2 Å². The Balaban J connectivity index is 2.62. The van der Waals surface area contributed by atoms with Crippen LogP contribution in [0.5, 0.6) is 0 Å². The van der Waals surface area contributed by atoms with Gasteiger partial charge in [-0.05, 0) is 44.1 Å². The van der Waals surface area contributed by atoms with Crippen molar-refractivity contribution in [2.75, 3.05) is 13.1 Å². The molecule has 2 nitrogen and oxygen atoms in total. The standard InChI is InChI=1S/C13H19BrFNO/c1-3-16-7-6-13(2,17)9-10-4-5-11(14)8-12(10)15/h4-5,8,16-17H,3,6-7,9H2,1-2H3. The third-order valence-corrected chi connectivity index (χ3v) is 3.17. The average Bonchev–Trinajstić information content (AvgIpc) is 2.22. The second-order valence-electron chi connectivity index (χ2n) is 4.51. The minimum Gasteiger partial charge on any atom is -0.390 e. The van der Waals surface area contributed by atoms with Crippen molar-refractivity contribution < 1.29 is 9.50 Å². The monoisotopic (exact) mass is 303 g/mol. The van der Waals surface area contributed by atoms with E-state index >= 15 is 0 Å². The Labute approximate surface area is 110 Å². The average molecular weight is 304 g/mol. The number of halogens is 2. The lowest BCUT2D eigenvalue weighted by atomic mass is 9.93. The molecule has 0 fully saturated rings. The summed E-state index contributed by atoms with van der Waals surface area (Å²) in [6.07, 6.45) is 0.938. The number of hydrogen-bond acceptors (Lipinski definition) is 2. The molecular formula is C13H19BrFNO. The molecule has 0 spiro atoms. The van der Waals surface area contributed by atoms with Gasteiger partial charge in [0.2, 0.25) is 0 Å². The van der Waals surface area contributed by atoms with Gasteiger partial charge in [-0.2, -0.15) is 0 Å². The number of hydrogen-bond donors (Lipinski definition) is 2. The summed E-state index contributed by atoms with van der Waals surface area (Å²) in [5, 5.41) is 13.3. The van der Waals surface area contributed by atoms with Gasteiger partial charge < -0.3 is 10.4 Å². The Morgan fingerprint density at radius 2 is 2.18 bits per heavy atom. The zero-order chi connectivity index (χ0) is 12.9. The first-order valence-electron chi connectivity index (χ1n) is 5.81. The Morgan fingerprint density at radius 1 is 1.47 bits per heavy atom. The highest BCUT2D eigenvalue weighted by Gasteiger charge is 2.22. The van der Waals surface area contributed by atoms with Crippen LogP contribution in [0.1, 0.15) is 25.8 Å². The molecule has 0 amide bonds. The summed E-state index contributed by atoms with van der Waals surface area (Å²) in [7, 11) is 0. The zero-order valence-corrected chi connectivity index (χ0v) is 11.8. The van der Waals surface area contributed by atoms with Gasteiger partial charge in [-0.1, -0.05) is 28.9 Å². The highest BCUT2D eigenvalue weighted by molar-refractivity contribution is 9.10. The van der Waals surface area contributed by atoms with E-state index in [9.17, 15) is 9.50 Å². The quantitative estimate of drug-likeness (QED) is 0.792. The number of aliphatic hydroxyl groups is 1. The second kappa shape index (κ2) is 6.47. The molecule has 2 N–H and O–H groups in total. The molecule has 4 heteroatoms. The second-order valence-corrected chi connectivity index (χ2v) is 5.43. The molecule has 0 aromatic heterocycles. The smallest absolute Gasteiger partial charge is 0.127 e. The maximum atomic E-state index is 13.6. The van der Waals surface area contributed by atoms with Crippen LogP contribution in [0.3, 0.4) is 0 Å². The Kier molecular flexibility index (Phi) is 5.56. The summed E-state index contributed by atoms with van der Waals surface area (Å²) in [4.78, 5) is 0. The van der Waals surface area contributed by atoms with Gasteiger partial charge in [0, 0.05) is 10.9 Å². The Hall–Kier alpha value is -0.450. The Bertz CT molecular complexity index is 368. The van der Waals surface area contributed by atoms with E-state index in [1.54, 1.807) is 19.1 Å². The van der Waals surface area contributed by atoms with Crippen molar-refractivity contribution in [3.63, 3.8) is 0 Å². The third-order valence-electron chi connectivity index (χ3n) is 2.68. The van der Waals surface area contributed by atoms with Crippen LogP contribution in [0.25, 0.3) is 0 Å². The molecule has 1 aromatic rings. The van der Waals surface area contributed by atoms with Crippen LogP contribution in [0.2, 0.25) is 0 Å². The molecular weight excluding hydrogens is 285 g/mol. The van der Waals surface area contributed by atoms with Crippen molar-refractivity contribution in [2.45, 2.75) is 32.3 Å². The first-order valence-corrected chi connectivity index (χ1v) is 6.61.